The van der Waals surface area contributed by atoms with Crippen LogP contribution in [-0.2, 0) is 4.79 Å². The van der Waals surface area contributed by atoms with E-state index in [1.165, 1.54) is 0 Å². The predicted molar refractivity (Wildman–Crippen MR) is 88.8 cm³/mol. The summed E-state index contributed by atoms with van der Waals surface area (Å²) < 4.78 is 11.6. The van der Waals surface area contributed by atoms with E-state index in [9.17, 15) is 4.79 Å². The van der Waals surface area contributed by atoms with E-state index in [-0.39, 0.29) is 12.0 Å². The zero-order chi connectivity index (χ0) is 16.8. The van der Waals surface area contributed by atoms with Gasteiger partial charge in [0.25, 0.3) is 5.91 Å². The number of likely N-dealkylation sites (tertiary alicyclic amines) is 1. The van der Waals surface area contributed by atoms with Gasteiger partial charge in [0.15, 0.2) is 6.10 Å². The lowest BCUT2D eigenvalue weighted by Gasteiger charge is -2.34. The van der Waals surface area contributed by atoms with Gasteiger partial charge in [0, 0.05) is 18.9 Å². The number of para-hydroxylation sites is 1. The minimum atomic E-state index is -0.525. The summed E-state index contributed by atoms with van der Waals surface area (Å²) in [5.41, 5.74) is 0. The molecule has 2 atom stereocenters. The SMILES string of the molecule is CC(Oc1ccccc1)C(=O)N1CCCC(Oc2cnccn2)C1. The van der Waals surface area contributed by atoms with Crippen molar-refractivity contribution in [3.8, 4) is 11.6 Å². The Hall–Kier alpha value is -2.63. The third kappa shape index (κ3) is 4.22. The van der Waals surface area contributed by atoms with Gasteiger partial charge in [0.1, 0.15) is 11.9 Å². The van der Waals surface area contributed by atoms with Gasteiger partial charge in [-0.05, 0) is 31.9 Å². The first-order valence-electron chi connectivity index (χ1n) is 8.15. The van der Waals surface area contributed by atoms with Gasteiger partial charge in [-0.3, -0.25) is 9.78 Å². The number of nitrogens with zero attached hydrogens (tertiary/aromatic N) is 3. The van der Waals surface area contributed by atoms with Crippen molar-refractivity contribution in [2.75, 3.05) is 13.1 Å². The summed E-state index contributed by atoms with van der Waals surface area (Å²) in [7, 11) is 0. The molecule has 1 aliphatic heterocycles. The number of amides is 1. The molecule has 0 radical (unpaired) electrons. The van der Waals surface area contributed by atoms with Crippen molar-refractivity contribution in [3.63, 3.8) is 0 Å². The Balaban J connectivity index is 1.56. The molecule has 0 aliphatic carbocycles. The van der Waals surface area contributed by atoms with Gasteiger partial charge in [-0.25, -0.2) is 4.98 Å². The molecule has 1 fully saturated rings. The second-order valence-electron chi connectivity index (χ2n) is 5.78. The number of piperidine rings is 1. The summed E-state index contributed by atoms with van der Waals surface area (Å²) in [5.74, 6) is 1.17. The van der Waals surface area contributed by atoms with E-state index in [4.69, 9.17) is 9.47 Å². The second-order valence-corrected chi connectivity index (χ2v) is 5.78. The van der Waals surface area contributed by atoms with Crippen LogP contribution in [0.25, 0.3) is 0 Å². The van der Waals surface area contributed by atoms with Crippen molar-refractivity contribution in [2.45, 2.75) is 32.0 Å². The van der Waals surface area contributed by atoms with Crippen molar-refractivity contribution in [1.82, 2.24) is 14.9 Å². The second kappa shape index (κ2) is 7.77. The molecule has 2 unspecified atom stereocenters. The van der Waals surface area contributed by atoms with Crippen LogP contribution < -0.4 is 9.47 Å². The lowest BCUT2D eigenvalue weighted by Crippen LogP contribution is -2.48. The molecule has 0 bridgehead atoms. The van der Waals surface area contributed by atoms with E-state index in [1.54, 1.807) is 30.4 Å². The number of ether oxygens (including phenoxy) is 2. The van der Waals surface area contributed by atoms with Crippen molar-refractivity contribution < 1.29 is 14.3 Å². The van der Waals surface area contributed by atoms with Crippen LogP contribution in [-0.4, -0.2) is 46.1 Å². The number of carbonyl (C=O) groups is 1. The molecular formula is C18H21N3O3. The predicted octanol–water partition coefficient (Wildman–Crippen LogP) is 2.31. The summed E-state index contributed by atoms with van der Waals surface area (Å²) in [6.07, 6.45) is 5.99. The Labute approximate surface area is 141 Å². The molecule has 0 spiro atoms. The molecule has 1 amide bonds. The number of benzene rings is 1. The van der Waals surface area contributed by atoms with E-state index in [0.29, 0.717) is 18.2 Å². The largest absolute Gasteiger partial charge is 0.481 e. The lowest BCUT2D eigenvalue weighted by molar-refractivity contribution is -0.140. The van der Waals surface area contributed by atoms with E-state index in [1.807, 2.05) is 30.3 Å². The summed E-state index contributed by atoms with van der Waals surface area (Å²) in [6, 6.07) is 9.38. The highest BCUT2D eigenvalue weighted by molar-refractivity contribution is 5.81. The smallest absolute Gasteiger partial charge is 0.263 e. The van der Waals surface area contributed by atoms with Crippen molar-refractivity contribution in [1.29, 1.82) is 0 Å². The molecule has 3 rings (SSSR count). The van der Waals surface area contributed by atoms with Crippen LogP contribution in [0.15, 0.2) is 48.9 Å². The molecule has 2 heterocycles. The number of aromatic nitrogens is 2. The Morgan fingerprint density at radius 1 is 1.29 bits per heavy atom. The van der Waals surface area contributed by atoms with Crippen LogP contribution >= 0.6 is 0 Å². The molecule has 1 saturated heterocycles. The normalized spacial score (nSPS) is 18.7. The third-order valence-corrected chi connectivity index (χ3v) is 3.92. The molecule has 24 heavy (non-hydrogen) atoms. The molecule has 126 valence electrons. The van der Waals surface area contributed by atoms with Crippen LogP contribution in [0.3, 0.4) is 0 Å². The fraction of sp³-hybridized carbons (Fsp3) is 0.389. The number of rotatable bonds is 5. The molecular weight excluding hydrogens is 306 g/mol. The minimum absolute atomic E-state index is 0.0219. The van der Waals surface area contributed by atoms with Crippen molar-refractivity contribution in [3.05, 3.63) is 48.9 Å². The van der Waals surface area contributed by atoms with E-state index in [2.05, 4.69) is 9.97 Å². The minimum Gasteiger partial charge on any atom is -0.481 e. The molecule has 6 nitrogen and oxygen atoms in total. The van der Waals surface area contributed by atoms with Crippen LogP contribution in [0.2, 0.25) is 0 Å². The molecule has 1 aromatic carbocycles. The molecule has 2 aromatic rings. The standard InChI is InChI=1S/C18H21N3O3/c1-14(23-15-6-3-2-4-7-15)18(22)21-11-5-8-16(13-21)24-17-12-19-9-10-20-17/h2-4,6-7,9-10,12,14,16H,5,8,11,13H2,1H3. The van der Waals surface area contributed by atoms with Gasteiger partial charge in [-0.2, -0.15) is 0 Å². The Bertz CT molecular complexity index is 651. The van der Waals surface area contributed by atoms with Crippen LogP contribution in [0.1, 0.15) is 19.8 Å². The van der Waals surface area contributed by atoms with Crippen molar-refractivity contribution >= 4 is 5.91 Å². The van der Waals surface area contributed by atoms with Gasteiger partial charge in [0.05, 0.1) is 12.7 Å². The Morgan fingerprint density at radius 3 is 2.88 bits per heavy atom. The average molecular weight is 327 g/mol. The maximum absolute atomic E-state index is 12.6. The van der Waals surface area contributed by atoms with Gasteiger partial charge >= 0.3 is 0 Å². The summed E-state index contributed by atoms with van der Waals surface area (Å²) >= 11 is 0. The van der Waals surface area contributed by atoms with Crippen LogP contribution in [0, 0.1) is 0 Å². The highest BCUT2D eigenvalue weighted by Crippen LogP contribution is 2.18. The summed E-state index contributed by atoms with van der Waals surface area (Å²) in [5, 5.41) is 0. The third-order valence-electron chi connectivity index (χ3n) is 3.92. The maximum atomic E-state index is 12.6. The molecule has 1 aromatic heterocycles. The van der Waals surface area contributed by atoms with Gasteiger partial charge in [-0.1, -0.05) is 18.2 Å². The summed E-state index contributed by atoms with van der Waals surface area (Å²) in [4.78, 5) is 22.5. The van der Waals surface area contributed by atoms with Gasteiger partial charge in [-0.15, -0.1) is 0 Å². The number of carbonyl (C=O) groups excluding carboxylic acids is 1. The number of hydrogen-bond donors (Lipinski definition) is 0. The topological polar surface area (TPSA) is 64.5 Å². The monoisotopic (exact) mass is 327 g/mol. The van der Waals surface area contributed by atoms with E-state index < -0.39 is 6.10 Å². The zero-order valence-corrected chi connectivity index (χ0v) is 13.7. The van der Waals surface area contributed by atoms with E-state index >= 15 is 0 Å². The summed E-state index contributed by atoms with van der Waals surface area (Å²) in [6.45, 7) is 3.04. The van der Waals surface area contributed by atoms with E-state index in [0.717, 1.165) is 19.4 Å². The fourth-order valence-electron chi connectivity index (χ4n) is 2.76. The first-order valence-corrected chi connectivity index (χ1v) is 8.15. The quantitative estimate of drug-likeness (QED) is 0.843. The molecule has 0 N–H and O–H groups in total. The molecule has 6 heteroatoms. The first kappa shape index (κ1) is 16.2. The van der Waals surface area contributed by atoms with Crippen molar-refractivity contribution in [2.24, 2.45) is 0 Å². The van der Waals surface area contributed by atoms with Crippen LogP contribution in [0.5, 0.6) is 11.6 Å². The van der Waals surface area contributed by atoms with Crippen LogP contribution in [0.4, 0.5) is 0 Å². The fourth-order valence-corrected chi connectivity index (χ4v) is 2.76. The highest BCUT2D eigenvalue weighted by Gasteiger charge is 2.29. The molecule has 1 aliphatic rings. The molecule has 0 saturated carbocycles. The first-order chi connectivity index (χ1) is 11.7. The number of hydrogen-bond acceptors (Lipinski definition) is 5. The lowest BCUT2D eigenvalue weighted by atomic mass is 10.1. The average Bonchev–Trinajstić information content (AvgIpc) is 2.63. The van der Waals surface area contributed by atoms with Gasteiger partial charge in [0.2, 0.25) is 5.88 Å². The Kier molecular flexibility index (Phi) is 5.25. The van der Waals surface area contributed by atoms with Gasteiger partial charge < -0.3 is 14.4 Å². The highest BCUT2D eigenvalue weighted by atomic mass is 16.5. The maximum Gasteiger partial charge on any atom is 0.263 e. The Morgan fingerprint density at radius 2 is 2.12 bits per heavy atom. The zero-order valence-electron chi connectivity index (χ0n) is 13.7.